The van der Waals surface area contributed by atoms with Crippen LogP contribution in [0.1, 0.15) is 56.5 Å². The van der Waals surface area contributed by atoms with E-state index in [4.69, 9.17) is 0 Å². The molecule has 1 aliphatic heterocycles. The van der Waals surface area contributed by atoms with Crippen molar-refractivity contribution in [3.05, 3.63) is 35.4 Å². The van der Waals surface area contributed by atoms with Crippen molar-refractivity contribution in [1.29, 1.82) is 0 Å². The van der Waals surface area contributed by atoms with Crippen molar-refractivity contribution >= 4 is 5.91 Å². The third kappa shape index (κ3) is 5.32. The highest BCUT2D eigenvalue weighted by Crippen LogP contribution is 2.20. The lowest BCUT2D eigenvalue weighted by molar-refractivity contribution is 0.0910. The summed E-state index contributed by atoms with van der Waals surface area (Å²) in [7, 11) is 0. The van der Waals surface area contributed by atoms with E-state index in [2.05, 4.69) is 43.1 Å². The predicted octanol–water partition coefficient (Wildman–Crippen LogP) is 3.06. The van der Waals surface area contributed by atoms with Crippen LogP contribution in [0.2, 0.25) is 0 Å². The molecule has 134 valence electrons. The zero-order valence-electron chi connectivity index (χ0n) is 15.5. The first-order valence-corrected chi connectivity index (χ1v) is 9.02. The minimum absolute atomic E-state index is 0.00673. The highest BCUT2D eigenvalue weighted by atomic mass is 16.3. The van der Waals surface area contributed by atoms with E-state index < -0.39 is 0 Å². The van der Waals surface area contributed by atoms with Gasteiger partial charge in [-0.3, -0.25) is 9.69 Å². The second kappa shape index (κ2) is 8.13. The molecule has 4 nitrogen and oxygen atoms in total. The third-order valence-corrected chi connectivity index (χ3v) is 5.23. The summed E-state index contributed by atoms with van der Waals surface area (Å²) in [5, 5.41) is 12.3. The van der Waals surface area contributed by atoms with Crippen molar-refractivity contribution < 1.29 is 9.90 Å². The molecule has 0 spiro atoms. The van der Waals surface area contributed by atoms with Crippen molar-refractivity contribution in [2.45, 2.75) is 53.1 Å². The molecule has 0 aliphatic carbocycles. The molecule has 0 radical (unpaired) electrons. The largest absolute Gasteiger partial charge is 0.396 e. The highest BCUT2D eigenvalue weighted by molar-refractivity contribution is 5.94. The maximum Gasteiger partial charge on any atom is 0.251 e. The Balaban J connectivity index is 1.88. The monoisotopic (exact) mass is 332 g/mol. The van der Waals surface area contributed by atoms with Crippen LogP contribution >= 0.6 is 0 Å². The van der Waals surface area contributed by atoms with Crippen LogP contribution in [0.25, 0.3) is 0 Å². The Kier molecular flexibility index (Phi) is 6.41. The lowest BCUT2D eigenvalue weighted by Crippen LogP contribution is -2.41. The molecule has 1 aromatic rings. The van der Waals surface area contributed by atoms with Gasteiger partial charge in [-0.15, -0.1) is 0 Å². The van der Waals surface area contributed by atoms with Gasteiger partial charge in [0, 0.05) is 24.8 Å². The predicted molar refractivity (Wildman–Crippen MR) is 97.9 cm³/mol. The number of nitrogens with one attached hydrogen (secondary N) is 1. The average molecular weight is 332 g/mol. The first-order valence-electron chi connectivity index (χ1n) is 9.02. The molecule has 4 heteroatoms. The summed E-state index contributed by atoms with van der Waals surface area (Å²) in [4.78, 5) is 14.7. The minimum atomic E-state index is -0.00673. The molecule has 1 aliphatic rings. The first-order chi connectivity index (χ1) is 11.3. The fourth-order valence-electron chi connectivity index (χ4n) is 2.84. The number of likely N-dealkylation sites (tertiary alicyclic amines) is 1. The molecule has 1 amide bonds. The van der Waals surface area contributed by atoms with E-state index in [0.717, 1.165) is 32.5 Å². The molecule has 1 heterocycles. The number of aliphatic hydroxyl groups is 1. The van der Waals surface area contributed by atoms with Gasteiger partial charge in [0.05, 0.1) is 0 Å². The topological polar surface area (TPSA) is 52.6 Å². The number of carbonyl (C=O) groups is 1. The zero-order valence-corrected chi connectivity index (χ0v) is 15.5. The van der Waals surface area contributed by atoms with Gasteiger partial charge >= 0.3 is 0 Å². The zero-order chi connectivity index (χ0) is 17.7. The molecule has 2 N–H and O–H groups in total. The molecule has 1 aromatic carbocycles. The van der Waals surface area contributed by atoms with Gasteiger partial charge in [0.25, 0.3) is 5.91 Å². The van der Waals surface area contributed by atoms with Crippen LogP contribution in [-0.2, 0) is 6.54 Å². The maximum absolute atomic E-state index is 12.3. The first kappa shape index (κ1) is 18.9. The van der Waals surface area contributed by atoms with Gasteiger partial charge in [-0.1, -0.05) is 32.9 Å². The molecule has 1 fully saturated rings. The summed E-state index contributed by atoms with van der Waals surface area (Å²) in [6.45, 7) is 11.7. The van der Waals surface area contributed by atoms with Crippen LogP contribution in [0.3, 0.4) is 0 Å². The Hall–Kier alpha value is -1.39. The number of benzene rings is 1. The molecule has 0 bridgehead atoms. The minimum Gasteiger partial charge on any atom is -0.396 e. The summed E-state index contributed by atoms with van der Waals surface area (Å²) in [5.74, 6) is 0.463. The lowest BCUT2D eigenvalue weighted by Gasteiger charge is -2.31. The summed E-state index contributed by atoms with van der Waals surface area (Å²) in [6, 6.07) is 8.06. The average Bonchev–Trinajstić information content (AvgIpc) is 2.55. The molecule has 24 heavy (non-hydrogen) atoms. The third-order valence-electron chi connectivity index (χ3n) is 5.23. The molecule has 1 unspecified atom stereocenters. The van der Waals surface area contributed by atoms with E-state index in [1.807, 2.05) is 19.1 Å². The number of amides is 1. The summed E-state index contributed by atoms with van der Waals surface area (Å²) < 4.78 is 0. The van der Waals surface area contributed by atoms with Crippen LogP contribution < -0.4 is 5.32 Å². The molecule has 0 aromatic heterocycles. The van der Waals surface area contributed by atoms with Crippen molar-refractivity contribution in [3.8, 4) is 0 Å². The molecular formula is C20H32N2O2. The second-order valence-electron chi connectivity index (χ2n) is 8.16. The number of carbonyl (C=O) groups excluding carboxylic acids is 1. The standard InChI is InChI=1S/C20H32N2O2/c1-15(20(2,3)4)21-19(24)18-7-5-16(6-8-18)13-22-11-9-17(14-23)10-12-22/h5-8,15,17,23H,9-14H2,1-4H3,(H,21,24). The van der Waals surface area contributed by atoms with Gasteiger partial charge in [-0.25, -0.2) is 0 Å². The maximum atomic E-state index is 12.3. The quantitative estimate of drug-likeness (QED) is 0.871. The Morgan fingerprint density at radius 2 is 1.83 bits per heavy atom. The van der Waals surface area contributed by atoms with Crippen molar-refractivity contribution in [2.75, 3.05) is 19.7 Å². The smallest absolute Gasteiger partial charge is 0.251 e. The van der Waals surface area contributed by atoms with Gasteiger partial charge in [-0.05, 0) is 61.9 Å². The van der Waals surface area contributed by atoms with Gasteiger partial charge in [0.1, 0.15) is 0 Å². The SMILES string of the molecule is CC(NC(=O)c1ccc(CN2CCC(CO)CC2)cc1)C(C)(C)C. The molecule has 0 saturated carbocycles. The number of hydrogen-bond donors (Lipinski definition) is 2. The fourth-order valence-corrected chi connectivity index (χ4v) is 2.84. The fraction of sp³-hybridized carbons (Fsp3) is 0.650. The molecule has 2 rings (SSSR count). The van der Waals surface area contributed by atoms with Crippen LogP contribution in [-0.4, -0.2) is 41.7 Å². The van der Waals surface area contributed by atoms with Crippen LogP contribution in [0.5, 0.6) is 0 Å². The summed E-state index contributed by atoms with van der Waals surface area (Å²) in [5.41, 5.74) is 2.00. The normalized spacial score (nSPS) is 18.4. The van der Waals surface area contributed by atoms with E-state index in [9.17, 15) is 9.90 Å². The Labute approximate surface area is 146 Å². The van der Waals surface area contributed by atoms with Crippen molar-refractivity contribution in [3.63, 3.8) is 0 Å². The van der Waals surface area contributed by atoms with Gasteiger partial charge in [-0.2, -0.15) is 0 Å². The number of hydrogen-bond acceptors (Lipinski definition) is 3. The second-order valence-corrected chi connectivity index (χ2v) is 8.16. The van der Waals surface area contributed by atoms with Gasteiger partial charge in [0.2, 0.25) is 0 Å². The lowest BCUT2D eigenvalue weighted by atomic mass is 9.88. The van der Waals surface area contributed by atoms with Crippen LogP contribution in [0, 0.1) is 11.3 Å². The van der Waals surface area contributed by atoms with Crippen LogP contribution in [0.4, 0.5) is 0 Å². The van der Waals surface area contributed by atoms with E-state index in [1.54, 1.807) is 0 Å². The summed E-state index contributed by atoms with van der Waals surface area (Å²) in [6.07, 6.45) is 2.14. The number of rotatable bonds is 5. The van der Waals surface area contributed by atoms with Crippen molar-refractivity contribution in [2.24, 2.45) is 11.3 Å². The Morgan fingerprint density at radius 3 is 2.33 bits per heavy atom. The van der Waals surface area contributed by atoms with Crippen molar-refractivity contribution in [1.82, 2.24) is 10.2 Å². The number of piperidine rings is 1. The number of aliphatic hydroxyl groups excluding tert-OH is 1. The van der Waals surface area contributed by atoms with Crippen LogP contribution in [0.15, 0.2) is 24.3 Å². The molecular weight excluding hydrogens is 300 g/mol. The highest BCUT2D eigenvalue weighted by Gasteiger charge is 2.22. The molecule has 1 atom stereocenters. The van der Waals surface area contributed by atoms with E-state index >= 15 is 0 Å². The Bertz CT molecular complexity index is 526. The van der Waals surface area contributed by atoms with E-state index in [1.165, 1.54) is 5.56 Å². The summed E-state index contributed by atoms with van der Waals surface area (Å²) >= 11 is 0. The Morgan fingerprint density at radius 1 is 1.25 bits per heavy atom. The van der Waals surface area contributed by atoms with Gasteiger partial charge < -0.3 is 10.4 Å². The van der Waals surface area contributed by atoms with E-state index in [0.29, 0.717) is 18.1 Å². The molecule has 1 saturated heterocycles. The van der Waals surface area contributed by atoms with Gasteiger partial charge in [0.15, 0.2) is 0 Å². The van der Waals surface area contributed by atoms with E-state index in [-0.39, 0.29) is 17.4 Å². The number of nitrogens with zero attached hydrogens (tertiary/aromatic N) is 1.